The maximum atomic E-state index is 13.6. The number of ether oxygens (including phenoxy) is 1. The second kappa shape index (κ2) is 4.32. The van der Waals surface area contributed by atoms with E-state index >= 15 is 0 Å². The van der Waals surface area contributed by atoms with Crippen LogP contribution < -0.4 is 5.43 Å². The van der Waals surface area contributed by atoms with Crippen molar-refractivity contribution in [3.05, 3.63) is 34.7 Å². The zero-order chi connectivity index (χ0) is 11.7. The minimum absolute atomic E-state index is 0.191. The molecule has 0 bridgehead atoms. The minimum atomic E-state index is -1.63. The van der Waals surface area contributed by atoms with Crippen LogP contribution in [0.5, 0.6) is 0 Å². The summed E-state index contributed by atoms with van der Waals surface area (Å²) in [5.74, 6) is 0. The van der Waals surface area contributed by atoms with Crippen molar-refractivity contribution in [3.8, 4) is 0 Å². The summed E-state index contributed by atoms with van der Waals surface area (Å²) in [7, 11) is 0. The monoisotopic (exact) mass is 229 g/mol. The summed E-state index contributed by atoms with van der Waals surface area (Å²) in [6, 6.07) is 2.55. The van der Waals surface area contributed by atoms with Crippen LogP contribution >= 0.6 is 0 Å². The van der Waals surface area contributed by atoms with E-state index in [0.29, 0.717) is 0 Å². The molecule has 0 spiro atoms. The van der Waals surface area contributed by atoms with E-state index in [0.717, 1.165) is 0 Å². The summed E-state index contributed by atoms with van der Waals surface area (Å²) in [6.45, 7) is -0.446. The number of rotatable bonds is 2. The van der Waals surface area contributed by atoms with Crippen molar-refractivity contribution in [2.45, 2.75) is 24.6 Å². The predicted molar refractivity (Wildman–Crippen MR) is 52.6 cm³/mol. The van der Waals surface area contributed by atoms with E-state index in [9.17, 15) is 14.3 Å². The fourth-order valence-corrected chi connectivity index (χ4v) is 1.69. The number of aromatic nitrogens is 1. The lowest BCUT2D eigenvalue weighted by atomic mass is 10.1. The van der Waals surface area contributed by atoms with Gasteiger partial charge in [-0.3, -0.25) is 4.79 Å². The number of pyridine rings is 1. The highest BCUT2D eigenvalue weighted by Gasteiger charge is 2.44. The van der Waals surface area contributed by atoms with Gasteiger partial charge < -0.3 is 19.5 Å². The highest BCUT2D eigenvalue weighted by Crippen LogP contribution is 2.31. The van der Waals surface area contributed by atoms with Gasteiger partial charge in [0.1, 0.15) is 12.2 Å². The second-order valence-electron chi connectivity index (χ2n) is 3.66. The Balaban J connectivity index is 2.22. The SMILES string of the molecule is O=c1ccn([C@@H]2O[C@H](CO)[C@@H](O)[C@H]2F)cc1. The van der Waals surface area contributed by atoms with E-state index in [-0.39, 0.29) is 5.43 Å². The van der Waals surface area contributed by atoms with Crippen LogP contribution in [0.1, 0.15) is 6.23 Å². The van der Waals surface area contributed by atoms with E-state index in [2.05, 4.69) is 0 Å². The van der Waals surface area contributed by atoms with Crippen LogP contribution in [-0.4, -0.2) is 39.8 Å². The Morgan fingerprint density at radius 2 is 2.06 bits per heavy atom. The molecule has 0 saturated carbocycles. The van der Waals surface area contributed by atoms with Gasteiger partial charge in [0.2, 0.25) is 0 Å². The third kappa shape index (κ3) is 1.87. The van der Waals surface area contributed by atoms with Gasteiger partial charge in [0.25, 0.3) is 0 Å². The van der Waals surface area contributed by atoms with Gasteiger partial charge in [-0.05, 0) is 0 Å². The number of aliphatic hydroxyl groups is 2. The Morgan fingerprint density at radius 1 is 1.44 bits per heavy atom. The van der Waals surface area contributed by atoms with Gasteiger partial charge in [0, 0.05) is 24.5 Å². The summed E-state index contributed by atoms with van der Waals surface area (Å²) >= 11 is 0. The Kier molecular flexibility index (Phi) is 3.04. The molecule has 1 aliphatic rings. The number of hydrogen-bond donors (Lipinski definition) is 2. The van der Waals surface area contributed by atoms with Crippen molar-refractivity contribution in [1.82, 2.24) is 4.57 Å². The predicted octanol–water partition coefficient (Wildman–Crippen LogP) is -0.563. The number of halogens is 1. The van der Waals surface area contributed by atoms with Crippen molar-refractivity contribution in [2.75, 3.05) is 6.61 Å². The largest absolute Gasteiger partial charge is 0.394 e. The van der Waals surface area contributed by atoms with Crippen molar-refractivity contribution < 1.29 is 19.3 Å². The van der Waals surface area contributed by atoms with Crippen LogP contribution in [0.3, 0.4) is 0 Å². The first-order valence-corrected chi connectivity index (χ1v) is 4.90. The Bertz CT molecular complexity index is 401. The summed E-state index contributed by atoms with van der Waals surface area (Å²) in [6.07, 6.45) is -2.15. The van der Waals surface area contributed by atoms with Crippen LogP contribution in [0.15, 0.2) is 29.3 Å². The molecule has 2 rings (SSSR count). The van der Waals surface area contributed by atoms with Gasteiger partial charge in [-0.1, -0.05) is 0 Å². The standard InChI is InChI=1S/C10H12FNO4/c11-8-9(15)7(5-13)16-10(8)12-3-1-6(14)2-4-12/h1-4,7-10,13,15H,5H2/t7-,8-,9-,10-/m1/s1. The second-order valence-corrected chi connectivity index (χ2v) is 3.66. The van der Waals surface area contributed by atoms with E-state index in [1.165, 1.54) is 29.1 Å². The van der Waals surface area contributed by atoms with Crippen LogP contribution in [0, 0.1) is 0 Å². The van der Waals surface area contributed by atoms with Crippen molar-refractivity contribution in [3.63, 3.8) is 0 Å². The van der Waals surface area contributed by atoms with E-state index < -0.39 is 31.2 Å². The third-order valence-electron chi connectivity index (χ3n) is 2.59. The Hall–Kier alpha value is -1.24. The van der Waals surface area contributed by atoms with E-state index in [4.69, 9.17) is 9.84 Å². The van der Waals surface area contributed by atoms with Gasteiger partial charge in [-0.2, -0.15) is 0 Å². The molecule has 0 aliphatic carbocycles. The van der Waals surface area contributed by atoms with Crippen molar-refractivity contribution >= 4 is 0 Å². The molecule has 0 aromatic carbocycles. The maximum Gasteiger partial charge on any atom is 0.181 e. The zero-order valence-corrected chi connectivity index (χ0v) is 8.36. The summed E-state index contributed by atoms with van der Waals surface area (Å²) in [5, 5.41) is 18.3. The normalized spacial score (nSPS) is 34.2. The first kappa shape index (κ1) is 11.3. The van der Waals surface area contributed by atoms with Gasteiger partial charge in [-0.25, -0.2) is 4.39 Å². The molecule has 5 nitrogen and oxygen atoms in total. The first-order chi connectivity index (χ1) is 7.63. The molecule has 6 heteroatoms. The fourth-order valence-electron chi connectivity index (χ4n) is 1.69. The number of nitrogens with zero attached hydrogens (tertiary/aromatic N) is 1. The lowest BCUT2D eigenvalue weighted by molar-refractivity contribution is -0.0475. The number of aliphatic hydroxyl groups excluding tert-OH is 2. The highest BCUT2D eigenvalue weighted by molar-refractivity contribution is 4.98. The Labute approximate surface area is 90.7 Å². The van der Waals surface area contributed by atoms with Gasteiger partial charge in [0.15, 0.2) is 17.8 Å². The Morgan fingerprint density at radius 3 is 2.56 bits per heavy atom. The molecule has 4 atom stereocenters. The molecule has 0 unspecified atom stereocenters. The van der Waals surface area contributed by atoms with Crippen LogP contribution in [0.25, 0.3) is 0 Å². The minimum Gasteiger partial charge on any atom is -0.394 e. The molecule has 1 saturated heterocycles. The summed E-state index contributed by atoms with van der Waals surface area (Å²) in [4.78, 5) is 10.9. The molecule has 1 fully saturated rings. The molecule has 88 valence electrons. The molecule has 0 amide bonds. The van der Waals surface area contributed by atoms with Crippen molar-refractivity contribution in [2.24, 2.45) is 0 Å². The molecular formula is C10H12FNO4. The fraction of sp³-hybridized carbons (Fsp3) is 0.500. The van der Waals surface area contributed by atoms with Crippen LogP contribution in [0.4, 0.5) is 4.39 Å². The molecule has 16 heavy (non-hydrogen) atoms. The summed E-state index contributed by atoms with van der Waals surface area (Å²) in [5.41, 5.74) is -0.191. The van der Waals surface area contributed by atoms with Crippen molar-refractivity contribution in [1.29, 1.82) is 0 Å². The van der Waals surface area contributed by atoms with Gasteiger partial charge in [-0.15, -0.1) is 0 Å². The molecule has 2 heterocycles. The molecule has 1 aromatic heterocycles. The van der Waals surface area contributed by atoms with Crippen LogP contribution in [-0.2, 0) is 4.74 Å². The summed E-state index contributed by atoms with van der Waals surface area (Å²) < 4.78 is 20.1. The first-order valence-electron chi connectivity index (χ1n) is 4.90. The van der Waals surface area contributed by atoms with E-state index in [1.54, 1.807) is 0 Å². The maximum absolute atomic E-state index is 13.6. The number of alkyl halides is 1. The lowest BCUT2D eigenvalue weighted by Gasteiger charge is -2.16. The smallest absolute Gasteiger partial charge is 0.181 e. The topological polar surface area (TPSA) is 71.7 Å². The molecule has 1 aliphatic heterocycles. The van der Waals surface area contributed by atoms with Gasteiger partial charge in [0.05, 0.1) is 6.61 Å². The molecule has 1 aromatic rings. The average Bonchev–Trinajstić information content (AvgIpc) is 2.57. The lowest BCUT2D eigenvalue weighted by Crippen LogP contribution is -2.30. The molecular weight excluding hydrogens is 217 g/mol. The third-order valence-corrected chi connectivity index (χ3v) is 2.59. The van der Waals surface area contributed by atoms with Gasteiger partial charge >= 0.3 is 0 Å². The highest BCUT2D eigenvalue weighted by atomic mass is 19.1. The quantitative estimate of drug-likeness (QED) is 0.713. The molecule has 2 N–H and O–H groups in total. The number of hydrogen-bond acceptors (Lipinski definition) is 4. The molecule has 0 radical (unpaired) electrons. The van der Waals surface area contributed by atoms with E-state index in [1.807, 2.05) is 0 Å². The van der Waals surface area contributed by atoms with Crippen LogP contribution in [0.2, 0.25) is 0 Å². The zero-order valence-electron chi connectivity index (χ0n) is 8.36. The average molecular weight is 229 g/mol.